The van der Waals surface area contributed by atoms with Crippen molar-refractivity contribution in [3.8, 4) is 11.4 Å². The van der Waals surface area contributed by atoms with Crippen molar-refractivity contribution >= 4 is 45.8 Å². The van der Waals surface area contributed by atoms with Crippen LogP contribution in [0.5, 0.6) is 5.75 Å². The summed E-state index contributed by atoms with van der Waals surface area (Å²) in [7, 11) is 1.58. The van der Waals surface area contributed by atoms with E-state index in [0.717, 1.165) is 22.5 Å². The summed E-state index contributed by atoms with van der Waals surface area (Å²) in [5.41, 5.74) is 2.60. The Labute approximate surface area is 137 Å². The van der Waals surface area contributed by atoms with Gasteiger partial charge in [0, 0.05) is 10.7 Å². The molecule has 3 aromatic rings. The van der Waals surface area contributed by atoms with Crippen LogP contribution in [-0.2, 0) is 5.88 Å². The summed E-state index contributed by atoms with van der Waals surface area (Å²) in [6, 6.07) is 11.1. The van der Waals surface area contributed by atoms with Crippen LogP contribution in [0.2, 0.25) is 10.0 Å². The molecule has 0 fully saturated rings. The van der Waals surface area contributed by atoms with E-state index in [4.69, 9.17) is 39.5 Å². The van der Waals surface area contributed by atoms with Gasteiger partial charge in [0.1, 0.15) is 11.6 Å². The monoisotopic (exact) mass is 340 g/mol. The molecule has 1 heterocycles. The fourth-order valence-corrected chi connectivity index (χ4v) is 2.87. The third-order valence-corrected chi connectivity index (χ3v) is 3.97. The second-order valence-electron chi connectivity index (χ2n) is 4.45. The highest BCUT2D eigenvalue weighted by Gasteiger charge is 2.13. The van der Waals surface area contributed by atoms with Crippen molar-refractivity contribution < 1.29 is 4.74 Å². The summed E-state index contributed by atoms with van der Waals surface area (Å²) < 4.78 is 7.14. The highest BCUT2D eigenvalue weighted by atomic mass is 35.5. The van der Waals surface area contributed by atoms with Gasteiger partial charge in [0.2, 0.25) is 0 Å². The molecule has 0 aliphatic rings. The lowest BCUT2D eigenvalue weighted by atomic mass is 10.2. The van der Waals surface area contributed by atoms with Gasteiger partial charge in [-0.05, 0) is 36.4 Å². The molecule has 0 aliphatic heterocycles. The van der Waals surface area contributed by atoms with E-state index in [1.165, 1.54) is 0 Å². The smallest absolute Gasteiger partial charge is 0.137 e. The molecular weight excluding hydrogens is 331 g/mol. The van der Waals surface area contributed by atoms with Crippen LogP contribution in [-0.4, -0.2) is 16.7 Å². The number of hydrogen-bond donors (Lipinski definition) is 0. The summed E-state index contributed by atoms with van der Waals surface area (Å²) >= 11 is 18.2. The molecule has 2 aromatic carbocycles. The summed E-state index contributed by atoms with van der Waals surface area (Å²) in [4.78, 5) is 4.51. The summed E-state index contributed by atoms with van der Waals surface area (Å²) in [5, 5.41) is 1.17. The number of imidazole rings is 1. The molecule has 0 bridgehead atoms. The van der Waals surface area contributed by atoms with Crippen LogP contribution in [0.15, 0.2) is 36.4 Å². The number of benzene rings is 2. The van der Waals surface area contributed by atoms with Gasteiger partial charge in [0.25, 0.3) is 0 Å². The number of fused-ring (bicyclic) bond motifs is 1. The fourth-order valence-electron chi connectivity index (χ4n) is 2.28. The highest BCUT2D eigenvalue weighted by Crippen LogP contribution is 2.30. The minimum atomic E-state index is 0.288. The topological polar surface area (TPSA) is 27.1 Å². The molecule has 0 atom stereocenters. The van der Waals surface area contributed by atoms with Crippen molar-refractivity contribution in [3.63, 3.8) is 0 Å². The molecule has 6 heteroatoms. The Hall–Kier alpha value is -1.42. The van der Waals surface area contributed by atoms with Crippen molar-refractivity contribution in [2.45, 2.75) is 5.88 Å². The molecule has 0 saturated carbocycles. The molecule has 0 N–H and O–H groups in total. The Morgan fingerprint density at radius 2 is 1.95 bits per heavy atom. The molecule has 0 aliphatic carbocycles. The summed E-state index contributed by atoms with van der Waals surface area (Å²) in [5.74, 6) is 1.64. The van der Waals surface area contributed by atoms with E-state index in [2.05, 4.69) is 4.98 Å². The Morgan fingerprint density at radius 3 is 2.62 bits per heavy atom. The molecule has 3 nitrogen and oxygen atoms in total. The van der Waals surface area contributed by atoms with Gasteiger partial charge in [0.15, 0.2) is 0 Å². The predicted molar refractivity (Wildman–Crippen MR) is 87.2 cm³/mol. The molecule has 1 aromatic heterocycles. The average molecular weight is 342 g/mol. The van der Waals surface area contributed by atoms with E-state index < -0.39 is 0 Å². The van der Waals surface area contributed by atoms with E-state index >= 15 is 0 Å². The van der Waals surface area contributed by atoms with E-state index in [-0.39, 0.29) is 5.88 Å². The lowest BCUT2D eigenvalue weighted by molar-refractivity contribution is 0.415. The Bertz CT molecular complexity index is 814. The zero-order valence-corrected chi connectivity index (χ0v) is 13.4. The molecule has 3 rings (SSSR count). The van der Waals surface area contributed by atoms with Gasteiger partial charge in [-0.2, -0.15) is 0 Å². The first kappa shape index (κ1) is 14.5. The second-order valence-corrected chi connectivity index (χ2v) is 5.56. The van der Waals surface area contributed by atoms with E-state index in [0.29, 0.717) is 15.8 Å². The second kappa shape index (κ2) is 5.76. The minimum Gasteiger partial charge on any atom is -0.495 e. The Morgan fingerprint density at radius 1 is 1.14 bits per heavy atom. The first-order valence-corrected chi connectivity index (χ1v) is 7.50. The minimum absolute atomic E-state index is 0.288. The van der Waals surface area contributed by atoms with Crippen LogP contribution in [0, 0.1) is 0 Å². The average Bonchev–Trinajstić information content (AvgIpc) is 2.84. The van der Waals surface area contributed by atoms with Gasteiger partial charge in [0.05, 0.1) is 29.0 Å². The van der Waals surface area contributed by atoms with Gasteiger partial charge >= 0.3 is 0 Å². The SMILES string of the molecule is COc1ccc(-n2c(CCl)nc3cc(Cl)ccc32)cc1Cl. The Kier molecular flexibility index (Phi) is 3.98. The van der Waals surface area contributed by atoms with Gasteiger partial charge < -0.3 is 4.74 Å². The third-order valence-electron chi connectivity index (χ3n) is 3.20. The van der Waals surface area contributed by atoms with Crippen LogP contribution in [0.3, 0.4) is 0 Å². The Balaban J connectivity index is 2.25. The maximum absolute atomic E-state index is 6.21. The number of rotatable bonds is 3. The lowest BCUT2D eigenvalue weighted by Gasteiger charge is -2.10. The van der Waals surface area contributed by atoms with Crippen molar-refractivity contribution in [2.24, 2.45) is 0 Å². The molecule has 108 valence electrons. The number of alkyl halides is 1. The van der Waals surface area contributed by atoms with Crippen molar-refractivity contribution in [3.05, 3.63) is 52.3 Å². The summed E-state index contributed by atoms with van der Waals surface area (Å²) in [6.45, 7) is 0. The largest absolute Gasteiger partial charge is 0.495 e. The molecule has 21 heavy (non-hydrogen) atoms. The standard InChI is InChI=1S/C15H11Cl3N2O/c1-21-14-5-3-10(7-11(14)18)20-13-4-2-9(17)6-12(13)19-15(20)8-16/h2-7H,8H2,1H3. The fraction of sp³-hybridized carbons (Fsp3) is 0.133. The third kappa shape index (κ3) is 2.57. The van der Waals surface area contributed by atoms with Crippen molar-refractivity contribution in [1.29, 1.82) is 0 Å². The molecule has 0 radical (unpaired) electrons. The van der Waals surface area contributed by atoms with Gasteiger partial charge in [-0.3, -0.25) is 4.57 Å². The van der Waals surface area contributed by atoms with E-state index in [1.54, 1.807) is 7.11 Å². The quantitative estimate of drug-likeness (QED) is 0.621. The molecule has 0 amide bonds. The van der Waals surface area contributed by atoms with Crippen LogP contribution < -0.4 is 4.74 Å². The van der Waals surface area contributed by atoms with Crippen LogP contribution in [0.25, 0.3) is 16.7 Å². The number of nitrogens with zero attached hydrogens (tertiary/aromatic N) is 2. The number of ether oxygens (including phenoxy) is 1. The van der Waals surface area contributed by atoms with Gasteiger partial charge in [-0.15, -0.1) is 11.6 Å². The lowest BCUT2D eigenvalue weighted by Crippen LogP contribution is -1.99. The first-order valence-electron chi connectivity index (χ1n) is 6.21. The number of halogens is 3. The first-order chi connectivity index (χ1) is 10.1. The number of hydrogen-bond acceptors (Lipinski definition) is 2. The van der Waals surface area contributed by atoms with Crippen LogP contribution >= 0.6 is 34.8 Å². The predicted octanol–water partition coefficient (Wildman–Crippen LogP) is 5.08. The molecule has 0 saturated heterocycles. The van der Waals surface area contributed by atoms with Crippen molar-refractivity contribution in [1.82, 2.24) is 9.55 Å². The van der Waals surface area contributed by atoms with E-state index in [9.17, 15) is 0 Å². The normalized spacial score (nSPS) is 11.0. The maximum atomic E-state index is 6.21. The van der Waals surface area contributed by atoms with Crippen LogP contribution in [0.4, 0.5) is 0 Å². The van der Waals surface area contributed by atoms with Crippen molar-refractivity contribution in [2.75, 3.05) is 7.11 Å². The number of methoxy groups -OCH3 is 1. The van der Waals surface area contributed by atoms with E-state index in [1.807, 2.05) is 41.0 Å². The zero-order valence-electron chi connectivity index (χ0n) is 11.1. The molecule has 0 spiro atoms. The summed E-state index contributed by atoms with van der Waals surface area (Å²) in [6.07, 6.45) is 0. The van der Waals surface area contributed by atoms with Gasteiger partial charge in [-0.25, -0.2) is 4.98 Å². The van der Waals surface area contributed by atoms with Crippen LogP contribution in [0.1, 0.15) is 5.82 Å². The highest BCUT2D eigenvalue weighted by molar-refractivity contribution is 6.32. The molecular formula is C15H11Cl3N2O. The number of aromatic nitrogens is 2. The molecule has 0 unspecified atom stereocenters. The maximum Gasteiger partial charge on any atom is 0.137 e. The van der Waals surface area contributed by atoms with Gasteiger partial charge in [-0.1, -0.05) is 23.2 Å². The zero-order chi connectivity index (χ0) is 15.0.